The quantitative estimate of drug-likeness (QED) is 0.722. The van der Waals surface area contributed by atoms with E-state index in [-0.39, 0.29) is 29.5 Å². The minimum absolute atomic E-state index is 0.0363. The lowest BCUT2D eigenvalue weighted by atomic mass is 9.88. The van der Waals surface area contributed by atoms with E-state index in [2.05, 4.69) is 5.32 Å². The molecule has 4 rings (SSSR count). The van der Waals surface area contributed by atoms with Crippen molar-refractivity contribution in [2.75, 3.05) is 12.4 Å². The van der Waals surface area contributed by atoms with Crippen LogP contribution in [0.4, 0.5) is 10.1 Å². The normalized spacial score (nSPS) is 15.6. The van der Waals surface area contributed by atoms with E-state index >= 15 is 0 Å². The number of nitrogens with one attached hydrogen (secondary N) is 1. The maximum absolute atomic E-state index is 13.8. The lowest BCUT2D eigenvalue weighted by Crippen LogP contribution is -2.25. The summed E-state index contributed by atoms with van der Waals surface area (Å²) < 4.78 is 20.6. The Balaban J connectivity index is 1.94. The number of carboxylic acids is 1. The van der Waals surface area contributed by atoms with Crippen LogP contribution in [0.2, 0.25) is 0 Å². The van der Waals surface area contributed by atoms with Crippen molar-refractivity contribution in [1.29, 1.82) is 0 Å². The number of carbonyl (C=O) groups excluding carboxylic acids is 1. The predicted octanol–water partition coefficient (Wildman–Crippen LogP) is 3.80. The van der Waals surface area contributed by atoms with E-state index in [1.54, 1.807) is 35.9 Å². The van der Waals surface area contributed by atoms with Gasteiger partial charge in [-0.25, -0.2) is 9.18 Å². The zero-order chi connectivity index (χ0) is 19.8. The van der Waals surface area contributed by atoms with Gasteiger partial charge in [-0.05, 0) is 35.9 Å². The summed E-state index contributed by atoms with van der Waals surface area (Å²) in [5, 5.41) is 12.3. The third kappa shape index (κ3) is 3.00. The molecule has 1 aromatic heterocycles. The molecule has 2 aromatic carbocycles. The highest BCUT2D eigenvalue weighted by atomic mass is 19.1. The first-order valence-corrected chi connectivity index (χ1v) is 8.66. The van der Waals surface area contributed by atoms with E-state index in [4.69, 9.17) is 4.74 Å². The number of aromatic carboxylic acids is 1. The van der Waals surface area contributed by atoms with Gasteiger partial charge in [-0.15, -0.1) is 0 Å². The summed E-state index contributed by atoms with van der Waals surface area (Å²) in [5.74, 6) is -1.57. The van der Waals surface area contributed by atoms with Gasteiger partial charge in [-0.3, -0.25) is 4.79 Å². The number of fused-ring (bicyclic) bond motifs is 1. The van der Waals surface area contributed by atoms with Gasteiger partial charge in [0.1, 0.15) is 17.1 Å². The van der Waals surface area contributed by atoms with Crippen molar-refractivity contribution in [3.05, 3.63) is 77.4 Å². The lowest BCUT2D eigenvalue weighted by Gasteiger charge is -2.26. The first-order chi connectivity index (χ1) is 13.5. The van der Waals surface area contributed by atoms with E-state index in [0.717, 1.165) is 5.56 Å². The fourth-order valence-corrected chi connectivity index (χ4v) is 3.58. The van der Waals surface area contributed by atoms with Crippen LogP contribution in [-0.4, -0.2) is 28.7 Å². The molecule has 142 valence electrons. The van der Waals surface area contributed by atoms with Crippen molar-refractivity contribution in [3.8, 4) is 11.4 Å². The van der Waals surface area contributed by atoms with Gasteiger partial charge < -0.3 is 19.7 Å². The minimum atomic E-state index is -1.16. The van der Waals surface area contributed by atoms with Gasteiger partial charge in [-0.1, -0.05) is 18.2 Å². The second kappa shape index (κ2) is 6.84. The molecular formula is C21H17FN2O4. The number of anilines is 1. The summed E-state index contributed by atoms with van der Waals surface area (Å²) in [7, 11) is 1.56. The Labute approximate surface area is 160 Å². The van der Waals surface area contributed by atoms with Crippen LogP contribution in [-0.2, 0) is 4.79 Å². The second-order valence-electron chi connectivity index (χ2n) is 6.54. The predicted molar refractivity (Wildman–Crippen MR) is 101 cm³/mol. The summed E-state index contributed by atoms with van der Waals surface area (Å²) >= 11 is 0. The number of amides is 1. The van der Waals surface area contributed by atoms with Gasteiger partial charge in [0.2, 0.25) is 5.91 Å². The molecule has 1 atom stereocenters. The molecule has 1 amide bonds. The molecule has 0 aliphatic carbocycles. The number of halogens is 1. The van der Waals surface area contributed by atoms with Crippen molar-refractivity contribution < 1.29 is 23.8 Å². The lowest BCUT2D eigenvalue weighted by molar-refractivity contribution is -0.116. The van der Waals surface area contributed by atoms with Crippen LogP contribution < -0.4 is 10.1 Å². The number of nitrogens with zero attached hydrogens (tertiary/aromatic N) is 1. The molecular weight excluding hydrogens is 363 g/mol. The van der Waals surface area contributed by atoms with Crippen LogP contribution in [0.3, 0.4) is 0 Å². The topological polar surface area (TPSA) is 80.6 Å². The Kier molecular flexibility index (Phi) is 4.35. The number of rotatable bonds is 4. The number of hydrogen-bond donors (Lipinski definition) is 2. The maximum Gasteiger partial charge on any atom is 0.339 e. The third-order valence-electron chi connectivity index (χ3n) is 4.86. The molecule has 2 N–H and O–H groups in total. The summed E-state index contributed by atoms with van der Waals surface area (Å²) in [6, 6.07) is 13.2. The zero-order valence-electron chi connectivity index (χ0n) is 15.0. The van der Waals surface area contributed by atoms with E-state index in [1.807, 2.05) is 12.1 Å². The van der Waals surface area contributed by atoms with Gasteiger partial charge >= 0.3 is 5.97 Å². The van der Waals surface area contributed by atoms with Gasteiger partial charge in [0.05, 0.1) is 18.5 Å². The number of aromatic nitrogens is 1. The summed E-state index contributed by atoms with van der Waals surface area (Å²) in [5.41, 5.74) is 2.13. The molecule has 3 aromatic rings. The number of benzene rings is 2. The van der Waals surface area contributed by atoms with Crippen molar-refractivity contribution in [2.45, 2.75) is 12.3 Å². The molecule has 0 bridgehead atoms. The van der Waals surface area contributed by atoms with E-state index in [0.29, 0.717) is 17.1 Å². The fourth-order valence-electron chi connectivity index (χ4n) is 3.58. The largest absolute Gasteiger partial charge is 0.497 e. The van der Waals surface area contributed by atoms with Gasteiger partial charge in [0.25, 0.3) is 0 Å². The fraction of sp³-hybridized carbons (Fsp3) is 0.143. The number of ether oxygens (including phenoxy) is 1. The number of hydrogen-bond acceptors (Lipinski definition) is 3. The highest BCUT2D eigenvalue weighted by Crippen LogP contribution is 2.42. The molecule has 1 aliphatic rings. The molecule has 0 unspecified atom stereocenters. The molecule has 2 heterocycles. The van der Waals surface area contributed by atoms with Gasteiger partial charge in [0.15, 0.2) is 0 Å². The first-order valence-electron chi connectivity index (χ1n) is 8.66. The molecule has 0 spiro atoms. The number of carbonyl (C=O) groups is 2. The summed E-state index contributed by atoms with van der Waals surface area (Å²) in [6.07, 6.45) is 1.57. The standard InChI is InChI=1S/C21H17FN2O4/c1-28-15-7-5-12(6-8-15)16-10-18(25)23-19-17(21(26)27)11-24(20(16)19)14-4-2-3-13(22)9-14/h2-9,11,16H,10H2,1H3,(H,23,25)(H,26,27)/t16-/m1/s1. The Morgan fingerprint density at radius 3 is 2.64 bits per heavy atom. The molecule has 6 nitrogen and oxygen atoms in total. The van der Waals surface area contributed by atoms with Crippen LogP contribution >= 0.6 is 0 Å². The molecule has 0 saturated carbocycles. The Bertz CT molecular complexity index is 1070. The van der Waals surface area contributed by atoms with Crippen molar-refractivity contribution in [3.63, 3.8) is 0 Å². The van der Waals surface area contributed by atoms with E-state index in [1.165, 1.54) is 18.3 Å². The van der Waals surface area contributed by atoms with Crippen LogP contribution in [0.1, 0.15) is 34.0 Å². The SMILES string of the molecule is COc1ccc([C@H]2CC(=O)Nc3c(C(=O)O)cn(-c4cccc(F)c4)c32)cc1. The van der Waals surface area contributed by atoms with Crippen LogP contribution in [0, 0.1) is 5.82 Å². The van der Waals surface area contributed by atoms with Crippen molar-refractivity contribution in [1.82, 2.24) is 4.57 Å². The van der Waals surface area contributed by atoms with E-state index < -0.39 is 11.8 Å². The zero-order valence-corrected chi connectivity index (χ0v) is 15.0. The van der Waals surface area contributed by atoms with E-state index in [9.17, 15) is 19.1 Å². The van der Waals surface area contributed by atoms with Crippen LogP contribution in [0.15, 0.2) is 54.7 Å². The highest BCUT2D eigenvalue weighted by molar-refractivity contribution is 6.04. The molecule has 0 saturated heterocycles. The third-order valence-corrected chi connectivity index (χ3v) is 4.86. The summed E-state index contributed by atoms with van der Waals surface area (Å²) in [6.45, 7) is 0. The van der Waals surface area contributed by atoms with Crippen molar-refractivity contribution >= 4 is 17.6 Å². The highest BCUT2D eigenvalue weighted by Gasteiger charge is 2.34. The molecule has 7 heteroatoms. The van der Waals surface area contributed by atoms with Gasteiger partial charge in [0, 0.05) is 24.2 Å². The Morgan fingerprint density at radius 1 is 1.25 bits per heavy atom. The molecule has 0 radical (unpaired) electrons. The Hall–Kier alpha value is -3.61. The first kappa shape index (κ1) is 17.8. The molecule has 1 aliphatic heterocycles. The van der Waals surface area contributed by atoms with Crippen molar-refractivity contribution in [2.24, 2.45) is 0 Å². The molecule has 28 heavy (non-hydrogen) atoms. The van der Waals surface area contributed by atoms with Gasteiger partial charge in [-0.2, -0.15) is 0 Å². The minimum Gasteiger partial charge on any atom is -0.497 e. The average Bonchev–Trinajstić information content (AvgIpc) is 3.07. The number of methoxy groups -OCH3 is 1. The van der Waals surface area contributed by atoms with Crippen LogP contribution in [0.25, 0.3) is 5.69 Å². The molecule has 0 fully saturated rings. The monoisotopic (exact) mass is 380 g/mol. The second-order valence-corrected chi connectivity index (χ2v) is 6.54. The maximum atomic E-state index is 13.8. The summed E-state index contributed by atoms with van der Waals surface area (Å²) in [4.78, 5) is 24.1. The number of carboxylic acid groups (broad SMARTS) is 1. The smallest absolute Gasteiger partial charge is 0.339 e. The average molecular weight is 380 g/mol. The van der Waals surface area contributed by atoms with Crippen LogP contribution in [0.5, 0.6) is 5.75 Å². The Morgan fingerprint density at radius 2 is 2.00 bits per heavy atom.